The number of rotatable bonds is 5. The smallest absolute Gasteiger partial charge is 0.315 e. The van der Waals surface area contributed by atoms with E-state index in [4.69, 9.17) is 0 Å². The fourth-order valence-corrected chi connectivity index (χ4v) is 5.12. The third-order valence-corrected chi connectivity index (χ3v) is 5.43. The van der Waals surface area contributed by atoms with Crippen molar-refractivity contribution in [3.8, 4) is 0 Å². The van der Waals surface area contributed by atoms with E-state index >= 15 is 0 Å². The van der Waals surface area contributed by atoms with Gasteiger partial charge in [-0.1, -0.05) is 0 Å². The van der Waals surface area contributed by atoms with Crippen molar-refractivity contribution in [1.29, 1.82) is 0 Å². The summed E-state index contributed by atoms with van der Waals surface area (Å²) in [6.45, 7) is 2.94. The maximum absolute atomic E-state index is 12.1. The van der Waals surface area contributed by atoms with Crippen LogP contribution in [-0.4, -0.2) is 30.6 Å². The van der Waals surface area contributed by atoms with Crippen molar-refractivity contribution >= 4 is 11.9 Å². The Kier molecular flexibility index (Phi) is 4.09. The first-order valence-electron chi connectivity index (χ1n) is 8.41. The second-order valence-electron chi connectivity index (χ2n) is 7.28. The molecule has 4 rings (SSSR count). The molecule has 0 aromatic carbocycles. The Labute approximate surface area is 126 Å². The van der Waals surface area contributed by atoms with Gasteiger partial charge in [0.1, 0.15) is 0 Å². The summed E-state index contributed by atoms with van der Waals surface area (Å²) in [4.78, 5) is 23.5. The van der Waals surface area contributed by atoms with E-state index in [1.807, 2.05) is 6.92 Å². The number of carbonyl (C=O) groups is 2. The molecule has 4 fully saturated rings. The average Bonchev–Trinajstić information content (AvgIpc) is 2.36. The van der Waals surface area contributed by atoms with Crippen LogP contribution in [0.3, 0.4) is 0 Å². The van der Waals surface area contributed by atoms with Gasteiger partial charge in [-0.2, -0.15) is 0 Å². The Bertz CT molecular complexity index is 386. The number of hydrogen-bond donors (Lipinski definition) is 3. The van der Waals surface area contributed by atoms with E-state index in [0.717, 1.165) is 37.0 Å². The van der Waals surface area contributed by atoms with Crippen LogP contribution in [-0.2, 0) is 4.79 Å². The van der Waals surface area contributed by atoms with E-state index in [1.165, 1.54) is 19.3 Å². The summed E-state index contributed by atoms with van der Waals surface area (Å²) in [5.74, 6) is 2.47. The summed E-state index contributed by atoms with van der Waals surface area (Å²) in [6, 6.07) is -0.0961. The molecule has 4 saturated carbocycles. The lowest BCUT2D eigenvalue weighted by Crippen LogP contribution is -2.61. The normalized spacial score (nSPS) is 36.3. The van der Waals surface area contributed by atoms with Crippen LogP contribution in [0.25, 0.3) is 0 Å². The summed E-state index contributed by atoms with van der Waals surface area (Å²) >= 11 is 0. The van der Waals surface area contributed by atoms with Gasteiger partial charge in [-0.15, -0.1) is 0 Å². The molecule has 4 bridgehead atoms. The van der Waals surface area contributed by atoms with Gasteiger partial charge in [0.05, 0.1) is 0 Å². The molecule has 5 heteroatoms. The van der Waals surface area contributed by atoms with Crippen molar-refractivity contribution in [1.82, 2.24) is 16.0 Å². The van der Waals surface area contributed by atoms with Crippen LogP contribution in [0.1, 0.15) is 51.9 Å². The van der Waals surface area contributed by atoms with Gasteiger partial charge >= 0.3 is 6.03 Å². The monoisotopic (exact) mass is 293 g/mol. The second kappa shape index (κ2) is 5.85. The second-order valence-corrected chi connectivity index (χ2v) is 7.28. The van der Waals surface area contributed by atoms with Crippen LogP contribution < -0.4 is 16.0 Å². The average molecular weight is 293 g/mol. The molecular weight excluding hydrogens is 266 g/mol. The van der Waals surface area contributed by atoms with Crippen LogP contribution >= 0.6 is 0 Å². The SMILES string of the molecule is CCNC(=O)CCNC(=O)NC12CC3CC(CC(C3)C1)C2. The molecular formula is C16H27N3O2. The molecule has 0 aliphatic heterocycles. The van der Waals surface area contributed by atoms with E-state index in [0.29, 0.717) is 19.5 Å². The van der Waals surface area contributed by atoms with Crippen LogP contribution in [0.15, 0.2) is 0 Å². The van der Waals surface area contributed by atoms with Crippen molar-refractivity contribution in [2.45, 2.75) is 57.4 Å². The molecule has 21 heavy (non-hydrogen) atoms. The van der Waals surface area contributed by atoms with Gasteiger partial charge < -0.3 is 16.0 Å². The van der Waals surface area contributed by atoms with E-state index in [-0.39, 0.29) is 17.5 Å². The van der Waals surface area contributed by atoms with E-state index in [2.05, 4.69) is 16.0 Å². The number of urea groups is 1. The van der Waals surface area contributed by atoms with E-state index in [1.54, 1.807) is 0 Å². The minimum absolute atomic E-state index is 0.00685. The topological polar surface area (TPSA) is 70.2 Å². The van der Waals surface area contributed by atoms with Gasteiger partial charge in [0.2, 0.25) is 5.91 Å². The molecule has 0 spiro atoms. The lowest BCUT2D eigenvalue weighted by molar-refractivity contribution is -0.120. The van der Waals surface area contributed by atoms with Crippen LogP contribution in [0, 0.1) is 17.8 Å². The Morgan fingerprint density at radius 2 is 1.57 bits per heavy atom. The highest BCUT2D eigenvalue weighted by Gasteiger charge is 2.51. The predicted octanol–water partition coefficient (Wildman–Crippen LogP) is 1.78. The summed E-state index contributed by atoms with van der Waals surface area (Å²) in [5, 5.41) is 8.82. The zero-order valence-electron chi connectivity index (χ0n) is 12.9. The van der Waals surface area contributed by atoms with Crippen molar-refractivity contribution in [3.63, 3.8) is 0 Å². The maximum Gasteiger partial charge on any atom is 0.315 e. The first-order chi connectivity index (χ1) is 10.1. The number of amides is 3. The molecule has 0 saturated heterocycles. The molecule has 5 nitrogen and oxygen atoms in total. The zero-order valence-corrected chi connectivity index (χ0v) is 12.9. The van der Waals surface area contributed by atoms with E-state index < -0.39 is 0 Å². The summed E-state index contributed by atoms with van der Waals surface area (Å²) < 4.78 is 0. The molecule has 0 heterocycles. The molecule has 0 radical (unpaired) electrons. The van der Waals surface area contributed by atoms with E-state index in [9.17, 15) is 9.59 Å². The highest BCUT2D eigenvalue weighted by molar-refractivity contribution is 5.78. The lowest BCUT2D eigenvalue weighted by Gasteiger charge is -2.56. The summed E-state index contributed by atoms with van der Waals surface area (Å²) in [7, 11) is 0. The number of nitrogens with one attached hydrogen (secondary N) is 3. The van der Waals surface area contributed by atoms with Crippen molar-refractivity contribution < 1.29 is 9.59 Å². The Morgan fingerprint density at radius 3 is 2.10 bits per heavy atom. The summed E-state index contributed by atoms with van der Waals surface area (Å²) in [6.07, 6.45) is 7.94. The minimum atomic E-state index is -0.0961. The van der Waals surface area contributed by atoms with Gasteiger partial charge in [0.15, 0.2) is 0 Å². The van der Waals surface area contributed by atoms with Gasteiger partial charge in [0, 0.05) is 25.0 Å². The molecule has 0 unspecified atom stereocenters. The molecule has 0 aromatic rings. The van der Waals surface area contributed by atoms with Gasteiger partial charge in [0.25, 0.3) is 0 Å². The van der Waals surface area contributed by atoms with Crippen LogP contribution in [0.4, 0.5) is 4.79 Å². The Morgan fingerprint density at radius 1 is 1.00 bits per heavy atom. The van der Waals surface area contributed by atoms with Gasteiger partial charge in [-0.3, -0.25) is 4.79 Å². The fourth-order valence-electron chi connectivity index (χ4n) is 5.12. The molecule has 3 N–H and O–H groups in total. The number of carbonyl (C=O) groups excluding carboxylic acids is 2. The first-order valence-corrected chi connectivity index (χ1v) is 8.41. The quantitative estimate of drug-likeness (QED) is 0.723. The van der Waals surface area contributed by atoms with Gasteiger partial charge in [-0.05, 0) is 63.2 Å². The zero-order chi connectivity index (χ0) is 14.9. The highest BCUT2D eigenvalue weighted by atomic mass is 16.2. The predicted molar refractivity (Wildman–Crippen MR) is 80.7 cm³/mol. The van der Waals surface area contributed by atoms with Crippen LogP contribution in [0.2, 0.25) is 0 Å². The van der Waals surface area contributed by atoms with Crippen LogP contribution in [0.5, 0.6) is 0 Å². The van der Waals surface area contributed by atoms with Crippen molar-refractivity contribution in [2.75, 3.05) is 13.1 Å². The largest absolute Gasteiger partial charge is 0.356 e. The summed E-state index contributed by atoms with van der Waals surface area (Å²) in [5.41, 5.74) is 0.0461. The number of hydrogen-bond acceptors (Lipinski definition) is 2. The molecule has 4 aliphatic rings. The Hall–Kier alpha value is -1.26. The lowest BCUT2D eigenvalue weighted by atomic mass is 9.53. The van der Waals surface area contributed by atoms with Gasteiger partial charge in [-0.25, -0.2) is 4.79 Å². The minimum Gasteiger partial charge on any atom is -0.356 e. The van der Waals surface area contributed by atoms with Crippen molar-refractivity contribution in [3.05, 3.63) is 0 Å². The Balaban J connectivity index is 1.46. The third kappa shape index (κ3) is 3.33. The maximum atomic E-state index is 12.1. The third-order valence-electron chi connectivity index (χ3n) is 5.43. The highest BCUT2D eigenvalue weighted by Crippen LogP contribution is 2.55. The molecule has 118 valence electrons. The molecule has 4 aliphatic carbocycles. The first kappa shape index (κ1) is 14.7. The molecule has 3 amide bonds. The fraction of sp³-hybridized carbons (Fsp3) is 0.875. The standard InChI is InChI=1S/C16H27N3O2/c1-2-17-14(20)3-4-18-15(21)19-16-8-11-5-12(9-16)7-13(6-11)10-16/h11-13H,2-10H2,1H3,(H,17,20)(H2,18,19,21). The molecule has 0 aromatic heterocycles. The van der Waals surface area contributed by atoms with Crippen molar-refractivity contribution in [2.24, 2.45) is 17.8 Å². The molecule has 0 atom stereocenters.